The average Bonchev–Trinajstić information content (AvgIpc) is 2.64. The minimum Gasteiger partial charge on any atom is -0.368 e. The first-order chi connectivity index (χ1) is 12.2. The average molecular weight is 342 g/mol. The van der Waals surface area contributed by atoms with Crippen LogP contribution < -0.4 is 5.32 Å². The number of piperidine rings is 1. The van der Waals surface area contributed by atoms with Crippen LogP contribution in [0.4, 0.5) is 0 Å². The second kappa shape index (κ2) is 8.81. The molecule has 0 radical (unpaired) electrons. The van der Waals surface area contributed by atoms with Crippen LogP contribution in [0.3, 0.4) is 0 Å². The van der Waals surface area contributed by atoms with Crippen molar-refractivity contribution >= 4 is 11.8 Å². The molecule has 0 saturated carbocycles. The van der Waals surface area contributed by atoms with Gasteiger partial charge in [0, 0.05) is 19.1 Å². The van der Waals surface area contributed by atoms with Gasteiger partial charge in [-0.1, -0.05) is 42.5 Å². The van der Waals surface area contributed by atoms with E-state index in [0.717, 1.165) is 37.8 Å². The van der Waals surface area contributed by atoms with Crippen molar-refractivity contribution in [3.05, 3.63) is 48.0 Å². The van der Waals surface area contributed by atoms with Crippen LogP contribution in [0.15, 0.2) is 42.5 Å². The van der Waals surface area contributed by atoms with E-state index < -0.39 is 0 Å². The normalized spacial score (nSPS) is 27.3. The van der Waals surface area contributed by atoms with Crippen LogP contribution in [-0.2, 0) is 14.3 Å². The Kier molecular flexibility index (Phi) is 6.23. The quantitative estimate of drug-likeness (QED) is 0.797. The van der Waals surface area contributed by atoms with E-state index in [1.165, 1.54) is 0 Å². The number of carbonyl (C=O) groups excluding carboxylic acids is 2. The smallest absolute Gasteiger partial charge is 0.246 e. The third kappa shape index (κ3) is 4.92. The molecule has 1 N–H and O–H groups in total. The number of hydrogen-bond donors (Lipinski definition) is 1. The second-order valence-corrected chi connectivity index (χ2v) is 6.72. The largest absolute Gasteiger partial charge is 0.368 e. The summed E-state index contributed by atoms with van der Waals surface area (Å²) in [7, 11) is 0. The monoisotopic (exact) mass is 342 g/mol. The van der Waals surface area contributed by atoms with E-state index in [4.69, 9.17) is 4.74 Å². The molecule has 0 spiro atoms. The van der Waals surface area contributed by atoms with E-state index in [9.17, 15) is 9.59 Å². The highest BCUT2D eigenvalue weighted by Gasteiger charge is 2.30. The zero-order valence-corrected chi connectivity index (χ0v) is 14.5. The summed E-state index contributed by atoms with van der Waals surface area (Å²) in [6.45, 7) is 1.85. The molecule has 2 aliphatic heterocycles. The lowest BCUT2D eigenvalue weighted by atomic mass is 9.91. The predicted molar refractivity (Wildman–Crippen MR) is 96.1 cm³/mol. The van der Waals surface area contributed by atoms with Crippen LogP contribution in [0.25, 0.3) is 0 Å². The van der Waals surface area contributed by atoms with E-state index in [1.807, 2.05) is 47.4 Å². The molecule has 2 atom stereocenters. The van der Waals surface area contributed by atoms with Gasteiger partial charge in [0.05, 0.1) is 12.5 Å². The number of nitrogens with zero attached hydrogens (tertiary/aromatic N) is 1. The fraction of sp³-hybridized carbons (Fsp3) is 0.500. The molecular formula is C20H26N2O3. The molecular weight excluding hydrogens is 316 g/mol. The van der Waals surface area contributed by atoms with Gasteiger partial charge in [0.15, 0.2) is 0 Å². The number of rotatable bonds is 1. The van der Waals surface area contributed by atoms with Gasteiger partial charge in [0.2, 0.25) is 11.8 Å². The Labute approximate surface area is 149 Å². The van der Waals surface area contributed by atoms with Crippen molar-refractivity contribution in [3.63, 3.8) is 0 Å². The Morgan fingerprint density at radius 2 is 1.92 bits per heavy atom. The number of amides is 2. The van der Waals surface area contributed by atoms with E-state index >= 15 is 0 Å². The maximum absolute atomic E-state index is 13.2. The summed E-state index contributed by atoms with van der Waals surface area (Å²) < 4.78 is 5.38. The van der Waals surface area contributed by atoms with Crippen molar-refractivity contribution in [2.45, 2.75) is 37.6 Å². The van der Waals surface area contributed by atoms with Gasteiger partial charge >= 0.3 is 0 Å². The van der Waals surface area contributed by atoms with Crippen LogP contribution in [0.5, 0.6) is 0 Å². The number of fused-ring (bicyclic) bond motifs is 2. The lowest BCUT2D eigenvalue weighted by molar-refractivity contribution is -0.135. The summed E-state index contributed by atoms with van der Waals surface area (Å²) in [5.41, 5.74) is 1.07. The van der Waals surface area contributed by atoms with Crippen LogP contribution >= 0.6 is 0 Å². The SMILES string of the molecule is O=C1COC/C=C/CCC(c2ccccc2)C(=O)N2CCC[C@H](C2)N1. The Bertz CT molecular complexity index is 615. The summed E-state index contributed by atoms with van der Waals surface area (Å²) in [6.07, 6.45) is 7.38. The van der Waals surface area contributed by atoms with Crippen LogP contribution in [0, 0.1) is 0 Å². The first-order valence-electron chi connectivity index (χ1n) is 9.10. The lowest BCUT2D eigenvalue weighted by Crippen LogP contribution is -2.51. The van der Waals surface area contributed by atoms with Gasteiger partial charge < -0.3 is 15.0 Å². The minimum absolute atomic E-state index is 0.0173. The molecule has 2 aliphatic rings. The molecule has 3 rings (SSSR count). The molecule has 1 unspecified atom stereocenters. The Balaban J connectivity index is 1.80. The number of benzene rings is 1. The maximum atomic E-state index is 13.2. The number of nitrogens with one attached hydrogen (secondary N) is 1. The summed E-state index contributed by atoms with van der Waals surface area (Å²) in [5, 5.41) is 3.00. The zero-order chi connectivity index (χ0) is 17.5. The van der Waals surface area contributed by atoms with Gasteiger partial charge in [-0.2, -0.15) is 0 Å². The van der Waals surface area contributed by atoms with Gasteiger partial charge in [-0.15, -0.1) is 0 Å². The van der Waals surface area contributed by atoms with Crippen molar-refractivity contribution in [2.24, 2.45) is 0 Å². The van der Waals surface area contributed by atoms with Crippen LogP contribution in [0.1, 0.15) is 37.2 Å². The molecule has 0 aliphatic carbocycles. The van der Waals surface area contributed by atoms with Crippen molar-refractivity contribution in [2.75, 3.05) is 26.3 Å². The third-order valence-electron chi connectivity index (χ3n) is 4.83. The molecule has 1 aromatic rings. The summed E-state index contributed by atoms with van der Waals surface area (Å²) in [6, 6.07) is 10.0. The Morgan fingerprint density at radius 1 is 1.08 bits per heavy atom. The molecule has 0 aromatic heterocycles. The van der Waals surface area contributed by atoms with Crippen molar-refractivity contribution < 1.29 is 14.3 Å². The highest BCUT2D eigenvalue weighted by molar-refractivity contribution is 5.84. The van der Waals surface area contributed by atoms with Gasteiger partial charge in [-0.3, -0.25) is 9.59 Å². The highest BCUT2D eigenvalue weighted by atomic mass is 16.5. The summed E-state index contributed by atoms with van der Waals surface area (Å²) in [4.78, 5) is 27.0. The summed E-state index contributed by atoms with van der Waals surface area (Å²) >= 11 is 0. The minimum atomic E-state index is -0.135. The highest BCUT2D eigenvalue weighted by Crippen LogP contribution is 2.26. The molecule has 134 valence electrons. The number of carbonyl (C=O) groups is 2. The number of hydrogen-bond acceptors (Lipinski definition) is 3. The first kappa shape index (κ1) is 17.7. The van der Waals surface area contributed by atoms with E-state index in [1.54, 1.807) is 0 Å². The maximum Gasteiger partial charge on any atom is 0.246 e. The molecule has 25 heavy (non-hydrogen) atoms. The third-order valence-corrected chi connectivity index (χ3v) is 4.83. The van der Waals surface area contributed by atoms with Gasteiger partial charge in [-0.05, 0) is 31.2 Å². The molecule has 1 saturated heterocycles. The molecule has 2 amide bonds. The van der Waals surface area contributed by atoms with Crippen molar-refractivity contribution in [1.29, 1.82) is 0 Å². The molecule has 1 fully saturated rings. The van der Waals surface area contributed by atoms with Crippen molar-refractivity contribution in [1.82, 2.24) is 10.2 Å². The molecule has 5 heteroatoms. The molecule has 1 aromatic carbocycles. The Morgan fingerprint density at radius 3 is 2.76 bits per heavy atom. The fourth-order valence-electron chi connectivity index (χ4n) is 3.57. The predicted octanol–water partition coefficient (Wildman–Crippen LogP) is 2.24. The van der Waals surface area contributed by atoms with Gasteiger partial charge in [0.1, 0.15) is 6.61 Å². The summed E-state index contributed by atoms with van der Waals surface area (Å²) in [5.74, 6) is -0.0691. The van der Waals surface area contributed by atoms with E-state index in [2.05, 4.69) is 5.32 Å². The zero-order valence-electron chi connectivity index (χ0n) is 14.5. The molecule has 2 heterocycles. The van der Waals surface area contributed by atoms with E-state index in [-0.39, 0.29) is 30.4 Å². The molecule has 2 bridgehead atoms. The van der Waals surface area contributed by atoms with E-state index in [0.29, 0.717) is 13.2 Å². The van der Waals surface area contributed by atoms with Gasteiger partial charge in [0.25, 0.3) is 0 Å². The first-order valence-corrected chi connectivity index (χ1v) is 9.10. The topological polar surface area (TPSA) is 58.6 Å². The second-order valence-electron chi connectivity index (χ2n) is 6.72. The Hall–Kier alpha value is -2.14. The van der Waals surface area contributed by atoms with Gasteiger partial charge in [-0.25, -0.2) is 0 Å². The fourth-order valence-corrected chi connectivity index (χ4v) is 3.57. The van der Waals surface area contributed by atoms with Crippen molar-refractivity contribution in [3.8, 4) is 0 Å². The number of ether oxygens (including phenoxy) is 1. The number of allylic oxidation sites excluding steroid dienone is 1. The van der Waals surface area contributed by atoms with Crippen LogP contribution in [-0.4, -0.2) is 49.1 Å². The lowest BCUT2D eigenvalue weighted by Gasteiger charge is -2.35. The van der Waals surface area contributed by atoms with Crippen LogP contribution in [0.2, 0.25) is 0 Å². The standard InChI is InChI=1S/C20H26N2O3/c23-19-15-25-13-6-2-5-11-18(16-8-3-1-4-9-16)20(24)22-12-7-10-17(14-22)21-19/h1-4,6,8-9,17-18H,5,7,10-15H2,(H,21,23)/b6-2+/t17-,18?/m1/s1. The molecule has 5 nitrogen and oxygen atoms in total.